The number of hydrazine groups is 1. The van der Waals surface area contributed by atoms with Crippen molar-refractivity contribution in [2.75, 3.05) is 6.61 Å². The summed E-state index contributed by atoms with van der Waals surface area (Å²) in [5, 5.41) is 0. The van der Waals surface area contributed by atoms with E-state index in [-0.39, 0.29) is 6.04 Å². The molecular formula is C18H22N2O. The maximum atomic E-state index is 5.81. The highest BCUT2D eigenvalue weighted by atomic mass is 16.5. The molecule has 0 saturated carbocycles. The molecule has 2 aromatic carbocycles. The molecule has 110 valence electrons. The van der Waals surface area contributed by atoms with Gasteiger partial charge in [-0.3, -0.25) is 11.3 Å². The molecule has 3 N–H and O–H groups in total. The zero-order chi connectivity index (χ0) is 14.7. The monoisotopic (exact) mass is 282 g/mol. The molecule has 3 heteroatoms. The number of nitrogens with two attached hydrogens (primary N) is 1. The van der Waals surface area contributed by atoms with Crippen LogP contribution in [0.15, 0.2) is 48.5 Å². The van der Waals surface area contributed by atoms with Gasteiger partial charge in [-0.2, -0.15) is 0 Å². The third-order valence-corrected chi connectivity index (χ3v) is 4.19. The minimum Gasteiger partial charge on any atom is -0.494 e. The summed E-state index contributed by atoms with van der Waals surface area (Å²) < 4.78 is 5.63. The summed E-state index contributed by atoms with van der Waals surface area (Å²) in [4.78, 5) is 0. The molecule has 0 heterocycles. The molecule has 0 amide bonds. The summed E-state index contributed by atoms with van der Waals surface area (Å²) in [6.45, 7) is 2.87. The summed E-state index contributed by atoms with van der Waals surface area (Å²) in [6, 6.07) is 17.0. The second-order valence-electron chi connectivity index (χ2n) is 5.57. The van der Waals surface area contributed by atoms with Crippen LogP contribution in [0.2, 0.25) is 0 Å². The Kier molecular flexibility index (Phi) is 4.23. The Morgan fingerprint density at radius 3 is 2.62 bits per heavy atom. The van der Waals surface area contributed by atoms with E-state index in [9.17, 15) is 0 Å². The second kappa shape index (κ2) is 6.29. The minimum absolute atomic E-state index is 0.153. The summed E-state index contributed by atoms with van der Waals surface area (Å²) in [7, 11) is 0. The Labute approximate surface area is 126 Å². The number of fused-ring (bicyclic) bond motifs is 1. The third-order valence-electron chi connectivity index (χ3n) is 4.19. The lowest BCUT2D eigenvalue weighted by Gasteiger charge is -2.36. The summed E-state index contributed by atoms with van der Waals surface area (Å²) in [5.74, 6) is 7.18. The zero-order valence-electron chi connectivity index (χ0n) is 12.4. The molecule has 0 aliphatic heterocycles. The van der Waals surface area contributed by atoms with E-state index in [1.165, 1.54) is 16.7 Å². The zero-order valence-corrected chi connectivity index (χ0v) is 12.4. The average molecular weight is 282 g/mol. The van der Waals surface area contributed by atoms with Crippen molar-refractivity contribution in [2.45, 2.75) is 31.7 Å². The van der Waals surface area contributed by atoms with Crippen LogP contribution in [-0.4, -0.2) is 6.61 Å². The Hall–Kier alpha value is -1.84. The fraction of sp³-hybridized carbons (Fsp3) is 0.333. The van der Waals surface area contributed by atoms with Gasteiger partial charge in [-0.1, -0.05) is 43.3 Å². The topological polar surface area (TPSA) is 47.3 Å². The van der Waals surface area contributed by atoms with Crippen molar-refractivity contribution in [1.29, 1.82) is 0 Å². The number of rotatable bonds is 6. The molecule has 0 saturated heterocycles. The largest absolute Gasteiger partial charge is 0.494 e. The Morgan fingerprint density at radius 2 is 1.95 bits per heavy atom. The lowest BCUT2D eigenvalue weighted by molar-refractivity contribution is 0.317. The van der Waals surface area contributed by atoms with Gasteiger partial charge in [-0.25, -0.2) is 0 Å². The molecule has 2 atom stereocenters. The second-order valence-corrected chi connectivity index (χ2v) is 5.57. The van der Waals surface area contributed by atoms with Crippen molar-refractivity contribution in [2.24, 2.45) is 5.84 Å². The molecule has 3 nitrogen and oxygen atoms in total. The molecule has 21 heavy (non-hydrogen) atoms. The molecule has 0 spiro atoms. The summed E-state index contributed by atoms with van der Waals surface area (Å²) in [5.41, 5.74) is 7.04. The Morgan fingerprint density at radius 1 is 1.19 bits per heavy atom. The fourth-order valence-electron chi connectivity index (χ4n) is 3.03. The average Bonchev–Trinajstić information content (AvgIpc) is 2.51. The van der Waals surface area contributed by atoms with E-state index in [1.54, 1.807) is 0 Å². The predicted molar refractivity (Wildman–Crippen MR) is 85.2 cm³/mol. The van der Waals surface area contributed by atoms with Crippen LogP contribution in [0, 0.1) is 0 Å². The van der Waals surface area contributed by atoms with Gasteiger partial charge in [-0.05, 0) is 41.7 Å². The first-order valence-electron chi connectivity index (χ1n) is 7.60. The van der Waals surface area contributed by atoms with E-state index in [1.807, 2.05) is 12.1 Å². The van der Waals surface area contributed by atoms with Gasteiger partial charge in [0.1, 0.15) is 5.75 Å². The summed E-state index contributed by atoms with van der Waals surface area (Å²) in [6.07, 6.45) is 2.10. The maximum Gasteiger partial charge on any atom is 0.119 e. The number of benzene rings is 2. The molecule has 3 rings (SSSR count). The highest BCUT2D eigenvalue weighted by molar-refractivity contribution is 5.43. The van der Waals surface area contributed by atoms with Crippen LogP contribution in [-0.2, 0) is 6.42 Å². The number of ether oxygens (including phenoxy) is 1. The fourth-order valence-corrected chi connectivity index (χ4v) is 3.03. The smallest absolute Gasteiger partial charge is 0.119 e. The van der Waals surface area contributed by atoms with Crippen molar-refractivity contribution in [1.82, 2.24) is 5.43 Å². The normalized spacial score (nSPS) is 17.7. The van der Waals surface area contributed by atoms with Crippen LogP contribution in [0.4, 0.5) is 0 Å². The van der Waals surface area contributed by atoms with E-state index < -0.39 is 0 Å². The number of nitrogens with one attached hydrogen (secondary N) is 1. The summed E-state index contributed by atoms with van der Waals surface area (Å²) >= 11 is 0. The molecule has 1 aliphatic carbocycles. The molecule has 0 aromatic heterocycles. The quantitative estimate of drug-likeness (QED) is 0.631. The van der Waals surface area contributed by atoms with Crippen molar-refractivity contribution in [3.05, 3.63) is 65.2 Å². The molecule has 0 radical (unpaired) electrons. The maximum absolute atomic E-state index is 5.81. The van der Waals surface area contributed by atoms with Crippen molar-refractivity contribution < 1.29 is 4.74 Å². The molecule has 1 aliphatic rings. The minimum atomic E-state index is 0.153. The van der Waals surface area contributed by atoms with Crippen LogP contribution in [0.1, 0.15) is 42.0 Å². The molecule has 2 unspecified atom stereocenters. The van der Waals surface area contributed by atoms with Crippen molar-refractivity contribution in [3.63, 3.8) is 0 Å². The molecular weight excluding hydrogens is 260 g/mol. The van der Waals surface area contributed by atoms with Gasteiger partial charge in [0.25, 0.3) is 0 Å². The van der Waals surface area contributed by atoms with Gasteiger partial charge in [0.05, 0.1) is 12.6 Å². The van der Waals surface area contributed by atoms with Crippen LogP contribution in [0.5, 0.6) is 5.75 Å². The van der Waals surface area contributed by atoms with Crippen LogP contribution >= 0.6 is 0 Å². The standard InChI is InChI=1S/C18H22N2O/c1-2-11-21-15-9-7-13(8-10-15)18(20-19)17-12-14-5-3-4-6-16(14)17/h3-10,17-18,20H,2,11-12,19H2,1H3. The lowest BCUT2D eigenvalue weighted by atomic mass is 9.72. The molecule has 0 bridgehead atoms. The first-order chi connectivity index (χ1) is 10.3. The van der Waals surface area contributed by atoms with Gasteiger partial charge in [0.2, 0.25) is 0 Å². The van der Waals surface area contributed by atoms with Crippen molar-refractivity contribution in [3.8, 4) is 5.75 Å². The van der Waals surface area contributed by atoms with Crippen LogP contribution < -0.4 is 16.0 Å². The van der Waals surface area contributed by atoms with E-state index in [2.05, 4.69) is 48.7 Å². The Bertz CT molecular complexity index is 594. The highest BCUT2D eigenvalue weighted by Crippen LogP contribution is 2.43. The predicted octanol–water partition coefficient (Wildman–Crippen LogP) is 3.32. The Balaban J connectivity index is 1.75. The SMILES string of the molecule is CCCOc1ccc(C(NN)C2Cc3ccccc32)cc1. The number of hydrogen-bond donors (Lipinski definition) is 2. The van der Waals surface area contributed by atoms with Gasteiger partial charge in [-0.15, -0.1) is 0 Å². The first kappa shape index (κ1) is 14.1. The first-order valence-corrected chi connectivity index (χ1v) is 7.60. The van der Waals surface area contributed by atoms with Gasteiger partial charge in [0.15, 0.2) is 0 Å². The van der Waals surface area contributed by atoms with Crippen LogP contribution in [0.3, 0.4) is 0 Å². The van der Waals surface area contributed by atoms with E-state index in [0.29, 0.717) is 5.92 Å². The number of hydrogen-bond acceptors (Lipinski definition) is 3. The van der Waals surface area contributed by atoms with Gasteiger partial charge in [0, 0.05) is 5.92 Å². The molecule has 0 fully saturated rings. The van der Waals surface area contributed by atoms with Crippen molar-refractivity contribution >= 4 is 0 Å². The van der Waals surface area contributed by atoms with E-state index in [0.717, 1.165) is 25.2 Å². The lowest BCUT2D eigenvalue weighted by Crippen LogP contribution is -2.37. The van der Waals surface area contributed by atoms with E-state index >= 15 is 0 Å². The van der Waals surface area contributed by atoms with Gasteiger partial charge >= 0.3 is 0 Å². The van der Waals surface area contributed by atoms with Gasteiger partial charge < -0.3 is 4.74 Å². The highest BCUT2D eigenvalue weighted by Gasteiger charge is 2.32. The molecule has 2 aromatic rings. The van der Waals surface area contributed by atoms with Crippen LogP contribution in [0.25, 0.3) is 0 Å². The third kappa shape index (κ3) is 2.80. The van der Waals surface area contributed by atoms with E-state index in [4.69, 9.17) is 10.6 Å².